The van der Waals surface area contributed by atoms with Gasteiger partial charge in [-0.2, -0.15) is 0 Å². The van der Waals surface area contributed by atoms with Crippen LogP contribution in [0.1, 0.15) is 20.8 Å². The zero-order valence-corrected chi connectivity index (χ0v) is 16.9. The van der Waals surface area contributed by atoms with Crippen molar-refractivity contribution in [3.8, 4) is 0 Å². The summed E-state index contributed by atoms with van der Waals surface area (Å²) in [6.45, 7) is 2.28. The number of benzene rings is 1. The van der Waals surface area contributed by atoms with Gasteiger partial charge in [0.1, 0.15) is 11.5 Å². The molecular formula is C21H19N7O4. The lowest BCUT2D eigenvalue weighted by Crippen LogP contribution is -2.49. The molecule has 162 valence electrons. The number of anilines is 2. The van der Waals surface area contributed by atoms with E-state index in [0.717, 1.165) is 5.82 Å². The van der Waals surface area contributed by atoms with Gasteiger partial charge in [0.25, 0.3) is 17.5 Å². The van der Waals surface area contributed by atoms with Gasteiger partial charge in [0.15, 0.2) is 0 Å². The SMILES string of the molecule is O=C(Nc1ccc(N2CCN(C(=O)c3cnccn3)CC2)nc1)c1cccc([N+](=O)[O-])c1. The fraction of sp³-hybridized carbons (Fsp3) is 0.190. The zero-order valence-electron chi connectivity index (χ0n) is 16.9. The zero-order chi connectivity index (χ0) is 22.5. The number of carbonyl (C=O) groups is 2. The summed E-state index contributed by atoms with van der Waals surface area (Å²) in [6.07, 6.45) is 6.00. The molecule has 1 fully saturated rings. The quantitative estimate of drug-likeness (QED) is 0.477. The van der Waals surface area contributed by atoms with Gasteiger partial charge < -0.3 is 15.1 Å². The summed E-state index contributed by atoms with van der Waals surface area (Å²) >= 11 is 0. The summed E-state index contributed by atoms with van der Waals surface area (Å²) in [5, 5.41) is 13.6. The molecule has 0 spiro atoms. The van der Waals surface area contributed by atoms with Gasteiger partial charge in [0, 0.05) is 56.3 Å². The molecule has 3 aromatic rings. The average Bonchev–Trinajstić information content (AvgIpc) is 2.85. The summed E-state index contributed by atoms with van der Waals surface area (Å²) in [6, 6.07) is 9.01. The molecule has 11 heteroatoms. The summed E-state index contributed by atoms with van der Waals surface area (Å²) in [7, 11) is 0. The number of hydrogen-bond acceptors (Lipinski definition) is 8. The van der Waals surface area contributed by atoms with Crippen LogP contribution in [0.5, 0.6) is 0 Å². The third-order valence-corrected chi connectivity index (χ3v) is 5.00. The minimum absolute atomic E-state index is 0.148. The predicted molar refractivity (Wildman–Crippen MR) is 115 cm³/mol. The van der Waals surface area contributed by atoms with E-state index in [2.05, 4.69) is 20.3 Å². The number of rotatable bonds is 5. The molecule has 3 heterocycles. The van der Waals surface area contributed by atoms with Crippen LogP contribution in [0.25, 0.3) is 0 Å². The smallest absolute Gasteiger partial charge is 0.274 e. The Morgan fingerprint density at radius 2 is 1.81 bits per heavy atom. The Morgan fingerprint density at radius 3 is 2.47 bits per heavy atom. The van der Waals surface area contributed by atoms with Gasteiger partial charge in [-0.1, -0.05) is 6.07 Å². The van der Waals surface area contributed by atoms with E-state index in [-0.39, 0.29) is 17.2 Å². The number of non-ortho nitro benzene ring substituents is 1. The Kier molecular flexibility index (Phi) is 5.97. The van der Waals surface area contributed by atoms with Gasteiger partial charge in [0.05, 0.1) is 23.0 Å². The Labute approximate surface area is 182 Å². The van der Waals surface area contributed by atoms with Crippen molar-refractivity contribution in [1.82, 2.24) is 19.9 Å². The van der Waals surface area contributed by atoms with Crippen LogP contribution in [0, 0.1) is 10.1 Å². The highest BCUT2D eigenvalue weighted by Gasteiger charge is 2.23. The second kappa shape index (κ2) is 9.16. The Balaban J connectivity index is 1.34. The molecular weight excluding hydrogens is 414 g/mol. The van der Waals surface area contributed by atoms with Gasteiger partial charge in [-0.25, -0.2) is 9.97 Å². The molecule has 2 amide bonds. The third-order valence-electron chi connectivity index (χ3n) is 5.00. The third kappa shape index (κ3) is 4.67. The molecule has 1 aromatic carbocycles. The van der Waals surface area contributed by atoms with E-state index in [1.165, 1.54) is 49.1 Å². The minimum Gasteiger partial charge on any atom is -0.353 e. The summed E-state index contributed by atoms with van der Waals surface area (Å²) in [4.78, 5) is 51.3. The number of piperazine rings is 1. The Hall–Kier alpha value is -4.41. The highest BCUT2D eigenvalue weighted by Crippen LogP contribution is 2.19. The first-order valence-electron chi connectivity index (χ1n) is 9.83. The maximum Gasteiger partial charge on any atom is 0.274 e. The molecule has 0 radical (unpaired) electrons. The maximum atomic E-state index is 12.5. The lowest BCUT2D eigenvalue weighted by molar-refractivity contribution is -0.384. The molecule has 4 rings (SSSR count). The predicted octanol–water partition coefficient (Wildman–Crippen LogP) is 1.99. The van der Waals surface area contributed by atoms with Crippen molar-refractivity contribution >= 4 is 29.0 Å². The van der Waals surface area contributed by atoms with Crippen molar-refractivity contribution in [2.75, 3.05) is 36.4 Å². The van der Waals surface area contributed by atoms with Crippen LogP contribution in [-0.2, 0) is 0 Å². The van der Waals surface area contributed by atoms with E-state index in [1.54, 1.807) is 17.0 Å². The van der Waals surface area contributed by atoms with Crippen molar-refractivity contribution in [2.45, 2.75) is 0 Å². The Bertz CT molecular complexity index is 1130. The van der Waals surface area contributed by atoms with E-state index in [9.17, 15) is 19.7 Å². The number of pyridine rings is 1. The largest absolute Gasteiger partial charge is 0.353 e. The van der Waals surface area contributed by atoms with E-state index in [0.29, 0.717) is 37.6 Å². The van der Waals surface area contributed by atoms with E-state index in [4.69, 9.17) is 0 Å². The molecule has 0 saturated carbocycles. The summed E-state index contributed by atoms with van der Waals surface area (Å²) < 4.78 is 0. The molecule has 32 heavy (non-hydrogen) atoms. The number of amides is 2. The molecule has 0 unspecified atom stereocenters. The van der Waals surface area contributed by atoms with Gasteiger partial charge in [-0.05, 0) is 18.2 Å². The van der Waals surface area contributed by atoms with Crippen LogP contribution in [-0.4, -0.2) is 62.8 Å². The topological polar surface area (TPSA) is 134 Å². The molecule has 1 aliphatic rings. The number of nitrogens with zero attached hydrogens (tertiary/aromatic N) is 6. The standard InChI is InChI=1S/C21H19N7O4/c29-20(15-2-1-3-17(12-15)28(31)32)25-16-4-5-19(24-13-16)26-8-10-27(11-9-26)21(30)18-14-22-6-7-23-18/h1-7,12-14H,8-11H2,(H,25,29). The summed E-state index contributed by atoms with van der Waals surface area (Å²) in [5.74, 6) is 0.120. The second-order valence-electron chi connectivity index (χ2n) is 7.04. The molecule has 11 nitrogen and oxygen atoms in total. The first kappa shape index (κ1) is 20.8. The van der Waals surface area contributed by atoms with Crippen molar-refractivity contribution in [3.63, 3.8) is 0 Å². The lowest BCUT2D eigenvalue weighted by Gasteiger charge is -2.35. The van der Waals surface area contributed by atoms with Crippen LogP contribution < -0.4 is 10.2 Å². The number of hydrogen-bond donors (Lipinski definition) is 1. The van der Waals surface area contributed by atoms with Crippen molar-refractivity contribution in [1.29, 1.82) is 0 Å². The van der Waals surface area contributed by atoms with Gasteiger partial charge in [-0.15, -0.1) is 0 Å². The van der Waals surface area contributed by atoms with Crippen LogP contribution in [0.3, 0.4) is 0 Å². The van der Waals surface area contributed by atoms with E-state index >= 15 is 0 Å². The van der Waals surface area contributed by atoms with Crippen LogP contribution in [0.2, 0.25) is 0 Å². The van der Waals surface area contributed by atoms with Crippen LogP contribution in [0.15, 0.2) is 61.2 Å². The first-order chi connectivity index (χ1) is 15.5. The van der Waals surface area contributed by atoms with E-state index < -0.39 is 10.8 Å². The minimum atomic E-state index is -0.548. The molecule has 1 N–H and O–H groups in total. The molecule has 0 bridgehead atoms. The number of aromatic nitrogens is 3. The average molecular weight is 433 g/mol. The number of nitrogens with one attached hydrogen (secondary N) is 1. The number of nitro groups is 1. The van der Waals surface area contributed by atoms with Crippen LogP contribution >= 0.6 is 0 Å². The van der Waals surface area contributed by atoms with Crippen LogP contribution in [0.4, 0.5) is 17.2 Å². The molecule has 1 aliphatic heterocycles. The molecule has 2 aromatic heterocycles. The highest BCUT2D eigenvalue weighted by molar-refractivity contribution is 6.04. The monoisotopic (exact) mass is 433 g/mol. The lowest BCUT2D eigenvalue weighted by atomic mass is 10.2. The van der Waals surface area contributed by atoms with Crippen molar-refractivity contribution in [3.05, 3.63) is 82.6 Å². The van der Waals surface area contributed by atoms with Gasteiger partial charge >= 0.3 is 0 Å². The maximum absolute atomic E-state index is 12.5. The normalized spacial score (nSPS) is 13.5. The number of carbonyl (C=O) groups excluding carboxylic acids is 2. The fourth-order valence-electron chi connectivity index (χ4n) is 3.32. The molecule has 0 aliphatic carbocycles. The number of nitro benzene ring substituents is 1. The highest BCUT2D eigenvalue weighted by atomic mass is 16.6. The second-order valence-corrected chi connectivity index (χ2v) is 7.04. The Morgan fingerprint density at radius 1 is 1.00 bits per heavy atom. The molecule has 0 atom stereocenters. The van der Waals surface area contributed by atoms with Crippen molar-refractivity contribution < 1.29 is 14.5 Å². The van der Waals surface area contributed by atoms with Gasteiger partial charge in [0.2, 0.25) is 0 Å². The summed E-state index contributed by atoms with van der Waals surface area (Å²) in [5.41, 5.74) is 0.833. The van der Waals surface area contributed by atoms with Crippen molar-refractivity contribution in [2.24, 2.45) is 0 Å². The van der Waals surface area contributed by atoms with Gasteiger partial charge in [-0.3, -0.25) is 24.7 Å². The van der Waals surface area contributed by atoms with E-state index in [1.807, 2.05) is 4.90 Å². The molecule has 1 saturated heterocycles. The fourth-order valence-corrected chi connectivity index (χ4v) is 3.32. The first-order valence-corrected chi connectivity index (χ1v) is 9.83.